The Bertz CT molecular complexity index is 306. The van der Waals surface area contributed by atoms with Crippen LogP contribution >= 0.6 is 0 Å². The third-order valence-electron chi connectivity index (χ3n) is 2.03. The van der Waals surface area contributed by atoms with E-state index in [0.29, 0.717) is 0 Å². The standard InChI is InChI=1S/C12H16O/c1-8(2)12(13)11-6-9(3)5-10(4)7-11/h5-7,12-13H,1H2,2-4H3/t12-/m0/s1. The summed E-state index contributed by atoms with van der Waals surface area (Å²) >= 11 is 0. The number of rotatable bonds is 2. The van der Waals surface area contributed by atoms with Gasteiger partial charge in [0.25, 0.3) is 0 Å². The van der Waals surface area contributed by atoms with Crippen LogP contribution in [0.25, 0.3) is 0 Å². The molecule has 13 heavy (non-hydrogen) atoms. The summed E-state index contributed by atoms with van der Waals surface area (Å²) in [6, 6.07) is 6.08. The van der Waals surface area contributed by atoms with Gasteiger partial charge < -0.3 is 5.11 Å². The first-order valence-electron chi connectivity index (χ1n) is 4.42. The Morgan fingerprint density at radius 1 is 1.23 bits per heavy atom. The summed E-state index contributed by atoms with van der Waals surface area (Å²) in [4.78, 5) is 0. The molecule has 0 aliphatic heterocycles. The second kappa shape index (κ2) is 3.75. The zero-order valence-electron chi connectivity index (χ0n) is 8.46. The highest BCUT2D eigenvalue weighted by molar-refractivity contribution is 5.32. The summed E-state index contributed by atoms with van der Waals surface area (Å²) in [6.45, 7) is 9.64. The lowest BCUT2D eigenvalue weighted by atomic mass is 10.00. The van der Waals surface area contributed by atoms with E-state index in [0.717, 1.165) is 11.1 Å². The number of aliphatic hydroxyl groups excluding tert-OH is 1. The second-order valence-corrected chi connectivity index (χ2v) is 3.67. The molecular formula is C12H16O. The van der Waals surface area contributed by atoms with E-state index in [1.807, 2.05) is 32.9 Å². The molecular weight excluding hydrogens is 160 g/mol. The van der Waals surface area contributed by atoms with E-state index >= 15 is 0 Å². The zero-order valence-corrected chi connectivity index (χ0v) is 8.46. The number of hydrogen-bond acceptors (Lipinski definition) is 1. The minimum atomic E-state index is -0.529. The molecule has 0 heterocycles. The van der Waals surface area contributed by atoms with Gasteiger partial charge in [0.15, 0.2) is 0 Å². The molecule has 70 valence electrons. The first-order chi connectivity index (χ1) is 6.00. The lowest BCUT2D eigenvalue weighted by molar-refractivity contribution is 0.216. The van der Waals surface area contributed by atoms with Gasteiger partial charge in [-0.05, 0) is 31.9 Å². The maximum atomic E-state index is 9.75. The predicted octanol–water partition coefficient (Wildman–Crippen LogP) is 2.91. The predicted molar refractivity (Wildman–Crippen MR) is 55.7 cm³/mol. The Morgan fingerprint density at radius 2 is 1.69 bits per heavy atom. The van der Waals surface area contributed by atoms with Crippen molar-refractivity contribution in [1.29, 1.82) is 0 Å². The number of aryl methyl sites for hydroxylation is 2. The fourth-order valence-electron chi connectivity index (χ4n) is 1.45. The van der Waals surface area contributed by atoms with Crippen molar-refractivity contribution in [2.24, 2.45) is 0 Å². The Balaban J connectivity index is 3.07. The van der Waals surface area contributed by atoms with Gasteiger partial charge in [0.2, 0.25) is 0 Å². The molecule has 0 saturated heterocycles. The molecule has 1 atom stereocenters. The smallest absolute Gasteiger partial charge is 0.0995 e. The van der Waals surface area contributed by atoms with E-state index in [1.165, 1.54) is 11.1 Å². The molecule has 1 rings (SSSR count). The van der Waals surface area contributed by atoms with Crippen molar-refractivity contribution in [3.8, 4) is 0 Å². The van der Waals surface area contributed by atoms with E-state index in [9.17, 15) is 5.11 Å². The molecule has 0 unspecified atom stereocenters. The van der Waals surface area contributed by atoms with Crippen molar-refractivity contribution in [2.45, 2.75) is 26.9 Å². The second-order valence-electron chi connectivity index (χ2n) is 3.67. The van der Waals surface area contributed by atoms with Crippen LogP contribution in [0.2, 0.25) is 0 Å². The fourth-order valence-corrected chi connectivity index (χ4v) is 1.45. The first kappa shape index (κ1) is 10.0. The third kappa shape index (κ3) is 2.43. The van der Waals surface area contributed by atoms with Crippen LogP contribution in [0.5, 0.6) is 0 Å². The van der Waals surface area contributed by atoms with Gasteiger partial charge in [-0.3, -0.25) is 0 Å². The Labute approximate surface area is 79.7 Å². The lowest BCUT2D eigenvalue weighted by Gasteiger charge is -2.12. The van der Waals surface area contributed by atoms with Gasteiger partial charge in [0.05, 0.1) is 6.10 Å². The van der Waals surface area contributed by atoms with Crippen LogP contribution < -0.4 is 0 Å². The SMILES string of the molecule is C=C(C)[C@H](O)c1cc(C)cc(C)c1. The fraction of sp³-hybridized carbons (Fsp3) is 0.333. The van der Waals surface area contributed by atoms with Crippen LogP contribution in [0, 0.1) is 13.8 Å². The van der Waals surface area contributed by atoms with E-state index in [4.69, 9.17) is 0 Å². The maximum Gasteiger partial charge on any atom is 0.0995 e. The molecule has 0 spiro atoms. The molecule has 1 nitrogen and oxygen atoms in total. The van der Waals surface area contributed by atoms with Gasteiger partial charge >= 0.3 is 0 Å². The van der Waals surface area contributed by atoms with Gasteiger partial charge in [-0.15, -0.1) is 0 Å². The van der Waals surface area contributed by atoms with Gasteiger partial charge in [-0.1, -0.05) is 35.9 Å². The molecule has 0 amide bonds. The highest BCUT2D eigenvalue weighted by Gasteiger charge is 2.08. The van der Waals surface area contributed by atoms with Crippen LogP contribution in [0.4, 0.5) is 0 Å². The van der Waals surface area contributed by atoms with Gasteiger partial charge in [0.1, 0.15) is 0 Å². The van der Waals surface area contributed by atoms with Crippen LogP contribution in [-0.4, -0.2) is 5.11 Å². The topological polar surface area (TPSA) is 20.2 Å². The molecule has 0 radical (unpaired) electrons. The molecule has 1 heteroatoms. The van der Waals surface area contributed by atoms with Gasteiger partial charge in [0, 0.05) is 0 Å². The molecule has 1 aromatic rings. The Kier molecular flexibility index (Phi) is 2.89. The van der Waals surface area contributed by atoms with Crippen molar-refractivity contribution in [3.05, 3.63) is 47.0 Å². The largest absolute Gasteiger partial charge is 0.384 e. The third-order valence-corrected chi connectivity index (χ3v) is 2.03. The number of benzene rings is 1. The van der Waals surface area contributed by atoms with Gasteiger partial charge in [-0.2, -0.15) is 0 Å². The number of hydrogen-bond donors (Lipinski definition) is 1. The Morgan fingerprint density at radius 3 is 2.08 bits per heavy atom. The highest BCUT2D eigenvalue weighted by atomic mass is 16.3. The molecule has 0 saturated carbocycles. The summed E-state index contributed by atoms with van der Waals surface area (Å²) in [7, 11) is 0. The first-order valence-corrected chi connectivity index (χ1v) is 4.42. The summed E-state index contributed by atoms with van der Waals surface area (Å²) < 4.78 is 0. The van der Waals surface area contributed by atoms with E-state index in [2.05, 4.69) is 12.6 Å². The monoisotopic (exact) mass is 176 g/mol. The van der Waals surface area contributed by atoms with E-state index in [1.54, 1.807) is 0 Å². The van der Waals surface area contributed by atoms with E-state index < -0.39 is 6.10 Å². The normalized spacial score (nSPS) is 12.6. The van der Waals surface area contributed by atoms with Crippen LogP contribution in [0.15, 0.2) is 30.4 Å². The minimum absolute atomic E-state index is 0.529. The van der Waals surface area contributed by atoms with Crippen LogP contribution in [-0.2, 0) is 0 Å². The molecule has 0 aliphatic carbocycles. The summed E-state index contributed by atoms with van der Waals surface area (Å²) in [5.74, 6) is 0. The maximum absolute atomic E-state index is 9.75. The molecule has 1 aromatic carbocycles. The molecule has 1 N–H and O–H groups in total. The highest BCUT2D eigenvalue weighted by Crippen LogP contribution is 2.21. The minimum Gasteiger partial charge on any atom is -0.384 e. The van der Waals surface area contributed by atoms with Crippen molar-refractivity contribution in [1.82, 2.24) is 0 Å². The molecule has 0 aromatic heterocycles. The van der Waals surface area contributed by atoms with E-state index in [-0.39, 0.29) is 0 Å². The van der Waals surface area contributed by atoms with Crippen molar-refractivity contribution in [3.63, 3.8) is 0 Å². The summed E-state index contributed by atoms with van der Waals surface area (Å²) in [6.07, 6.45) is -0.529. The van der Waals surface area contributed by atoms with Gasteiger partial charge in [-0.25, -0.2) is 0 Å². The lowest BCUT2D eigenvalue weighted by Crippen LogP contribution is -1.98. The number of aliphatic hydroxyl groups is 1. The summed E-state index contributed by atoms with van der Waals surface area (Å²) in [5.41, 5.74) is 4.07. The Hall–Kier alpha value is -1.08. The molecule has 0 fully saturated rings. The average molecular weight is 176 g/mol. The average Bonchev–Trinajstić information content (AvgIpc) is 2.01. The van der Waals surface area contributed by atoms with Crippen molar-refractivity contribution in [2.75, 3.05) is 0 Å². The van der Waals surface area contributed by atoms with Crippen molar-refractivity contribution < 1.29 is 5.11 Å². The van der Waals surface area contributed by atoms with Crippen molar-refractivity contribution >= 4 is 0 Å². The quantitative estimate of drug-likeness (QED) is 0.687. The molecule has 0 bridgehead atoms. The van der Waals surface area contributed by atoms with Crippen LogP contribution in [0.1, 0.15) is 29.7 Å². The molecule has 0 aliphatic rings. The van der Waals surface area contributed by atoms with Crippen LogP contribution in [0.3, 0.4) is 0 Å². The zero-order chi connectivity index (χ0) is 10.0. The summed E-state index contributed by atoms with van der Waals surface area (Å²) in [5, 5.41) is 9.75.